The van der Waals surface area contributed by atoms with E-state index in [-0.39, 0.29) is 29.7 Å². The predicted molar refractivity (Wildman–Crippen MR) is 115 cm³/mol. The molecule has 1 aromatic carbocycles. The lowest BCUT2D eigenvalue weighted by Gasteiger charge is -2.24. The van der Waals surface area contributed by atoms with Crippen LogP contribution < -0.4 is 10.0 Å². The van der Waals surface area contributed by atoms with Crippen LogP contribution in [0, 0.1) is 5.92 Å². The zero-order chi connectivity index (χ0) is 18.3. The molecule has 0 bridgehead atoms. The minimum atomic E-state index is -3.27. The van der Waals surface area contributed by atoms with Gasteiger partial charge >= 0.3 is 0 Å². The monoisotopic (exact) mass is 496 g/mol. The third-order valence-electron chi connectivity index (χ3n) is 4.24. The SMILES string of the molecule is CN=C(NCc1cccc(CS(=O)(=O)NC)c1)N(C)CC1CCOC1.I. The summed E-state index contributed by atoms with van der Waals surface area (Å²) in [5.41, 5.74) is 1.78. The van der Waals surface area contributed by atoms with Gasteiger partial charge in [0.25, 0.3) is 0 Å². The number of hydrogen-bond donors (Lipinski definition) is 2. The maximum absolute atomic E-state index is 11.7. The first kappa shape index (κ1) is 23.1. The molecule has 2 N–H and O–H groups in total. The van der Waals surface area contributed by atoms with Gasteiger partial charge in [-0.25, -0.2) is 13.1 Å². The number of hydrogen-bond acceptors (Lipinski definition) is 4. The quantitative estimate of drug-likeness (QED) is 0.339. The van der Waals surface area contributed by atoms with E-state index in [9.17, 15) is 8.42 Å². The Hall–Kier alpha value is -0.910. The van der Waals surface area contributed by atoms with E-state index in [1.165, 1.54) is 7.05 Å². The van der Waals surface area contributed by atoms with Crippen molar-refractivity contribution in [1.29, 1.82) is 0 Å². The molecule has 0 radical (unpaired) electrons. The number of halogens is 1. The van der Waals surface area contributed by atoms with Crippen LogP contribution in [0.3, 0.4) is 0 Å². The average molecular weight is 496 g/mol. The molecule has 9 heteroatoms. The van der Waals surface area contributed by atoms with E-state index >= 15 is 0 Å². The number of nitrogens with zero attached hydrogens (tertiary/aromatic N) is 2. The van der Waals surface area contributed by atoms with Gasteiger partial charge in [0.05, 0.1) is 12.4 Å². The van der Waals surface area contributed by atoms with E-state index in [0.717, 1.165) is 43.3 Å². The summed E-state index contributed by atoms with van der Waals surface area (Å²) in [4.78, 5) is 6.43. The molecule has 1 atom stereocenters. The van der Waals surface area contributed by atoms with E-state index in [2.05, 4.69) is 19.9 Å². The first-order chi connectivity index (χ1) is 11.9. The van der Waals surface area contributed by atoms with E-state index in [0.29, 0.717) is 12.5 Å². The van der Waals surface area contributed by atoms with Crippen LogP contribution in [0.15, 0.2) is 29.3 Å². The number of guanidine groups is 1. The predicted octanol–water partition coefficient (Wildman–Crippen LogP) is 1.40. The number of nitrogens with one attached hydrogen (secondary N) is 2. The Kier molecular flexibility index (Phi) is 9.83. The van der Waals surface area contributed by atoms with E-state index in [4.69, 9.17) is 4.74 Å². The van der Waals surface area contributed by atoms with Gasteiger partial charge in [0.2, 0.25) is 10.0 Å². The van der Waals surface area contributed by atoms with E-state index in [1.807, 2.05) is 31.3 Å². The normalized spacial score (nSPS) is 17.7. The van der Waals surface area contributed by atoms with Gasteiger partial charge in [-0.15, -0.1) is 24.0 Å². The van der Waals surface area contributed by atoms with Crippen LogP contribution in [0.4, 0.5) is 0 Å². The maximum Gasteiger partial charge on any atom is 0.215 e. The molecule has 0 saturated carbocycles. The van der Waals surface area contributed by atoms with Gasteiger partial charge in [-0.2, -0.15) is 0 Å². The molecule has 0 aromatic heterocycles. The molecular formula is C17H29IN4O3S. The molecular weight excluding hydrogens is 467 g/mol. The highest BCUT2D eigenvalue weighted by atomic mass is 127. The van der Waals surface area contributed by atoms with Crippen LogP contribution in [0.1, 0.15) is 17.5 Å². The van der Waals surface area contributed by atoms with Gasteiger partial charge in [-0.1, -0.05) is 24.3 Å². The molecule has 148 valence electrons. The number of aliphatic imine (C=N–C) groups is 1. The van der Waals surface area contributed by atoms with Gasteiger partial charge in [0, 0.05) is 39.7 Å². The molecule has 1 fully saturated rings. The smallest absolute Gasteiger partial charge is 0.215 e. The van der Waals surface area contributed by atoms with E-state index < -0.39 is 10.0 Å². The molecule has 0 aliphatic carbocycles. The van der Waals surface area contributed by atoms with Gasteiger partial charge in [0.15, 0.2) is 5.96 Å². The third-order valence-corrected chi connectivity index (χ3v) is 5.57. The van der Waals surface area contributed by atoms with Crippen LogP contribution in [-0.2, 0) is 27.1 Å². The minimum Gasteiger partial charge on any atom is -0.381 e. The second kappa shape index (κ2) is 11.1. The zero-order valence-electron chi connectivity index (χ0n) is 15.6. The number of sulfonamides is 1. The lowest BCUT2D eigenvalue weighted by atomic mass is 10.1. The fourth-order valence-corrected chi connectivity index (χ4v) is 3.65. The number of benzene rings is 1. The summed E-state index contributed by atoms with van der Waals surface area (Å²) in [6, 6.07) is 7.57. The van der Waals surface area contributed by atoms with Crippen molar-refractivity contribution in [2.24, 2.45) is 10.9 Å². The molecule has 26 heavy (non-hydrogen) atoms. The third kappa shape index (κ3) is 7.37. The van der Waals surface area contributed by atoms with Crippen molar-refractivity contribution in [2.75, 3.05) is 40.9 Å². The summed E-state index contributed by atoms with van der Waals surface area (Å²) in [6.45, 7) is 3.14. The van der Waals surface area contributed by atoms with Gasteiger partial charge < -0.3 is 15.0 Å². The van der Waals surface area contributed by atoms with Gasteiger partial charge in [-0.05, 0) is 24.6 Å². The topological polar surface area (TPSA) is 83.0 Å². The highest BCUT2D eigenvalue weighted by Gasteiger charge is 2.19. The maximum atomic E-state index is 11.7. The van der Waals surface area contributed by atoms with Gasteiger partial charge in [-0.3, -0.25) is 4.99 Å². The highest BCUT2D eigenvalue weighted by Crippen LogP contribution is 2.13. The Morgan fingerprint density at radius 3 is 2.73 bits per heavy atom. The molecule has 1 heterocycles. The van der Waals surface area contributed by atoms with E-state index in [1.54, 1.807) is 7.05 Å². The first-order valence-corrected chi connectivity index (χ1v) is 10.1. The molecule has 2 rings (SSSR count). The Morgan fingerprint density at radius 1 is 1.38 bits per heavy atom. The fraction of sp³-hybridized carbons (Fsp3) is 0.588. The highest BCUT2D eigenvalue weighted by molar-refractivity contribution is 14.0. The van der Waals surface area contributed by atoms with Crippen LogP contribution in [0.5, 0.6) is 0 Å². The second-order valence-corrected chi connectivity index (χ2v) is 8.22. The van der Waals surface area contributed by atoms with Crippen molar-refractivity contribution in [3.05, 3.63) is 35.4 Å². The van der Waals surface area contributed by atoms with Crippen molar-refractivity contribution in [3.8, 4) is 0 Å². The molecule has 1 aliphatic rings. The Bertz CT molecular complexity index is 691. The molecule has 0 amide bonds. The molecule has 7 nitrogen and oxygen atoms in total. The minimum absolute atomic E-state index is 0. The largest absolute Gasteiger partial charge is 0.381 e. The summed E-state index contributed by atoms with van der Waals surface area (Å²) in [7, 11) is 1.94. The molecule has 1 saturated heterocycles. The van der Waals surface area contributed by atoms with Crippen molar-refractivity contribution >= 4 is 40.0 Å². The summed E-state index contributed by atoms with van der Waals surface area (Å²) < 4.78 is 31.1. The Morgan fingerprint density at radius 2 is 2.12 bits per heavy atom. The summed E-state index contributed by atoms with van der Waals surface area (Å²) in [5, 5.41) is 3.33. The van der Waals surface area contributed by atoms with Crippen LogP contribution in [0.2, 0.25) is 0 Å². The van der Waals surface area contributed by atoms with Crippen LogP contribution >= 0.6 is 24.0 Å². The van der Waals surface area contributed by atoms with Crippen molar-refractivity contribution < 1.29 is 13.2 Å². The van der Waals surface area contributed by atoms with Gasteiger partial charge in [0.1, 0.15) is 0 Å². The standard InChI is InChI=1S/C17H28N4O3S.HI/c1-18-17(21(3)11-16-7-8-24-12-16)20-10-14-5-4-6-15(9-14)13-25(22,23)19-2;/h4-6,9,16,19H,7-8,10-13H2,1-3H3,(H,18,20);1H. The van der Waals surface area contributed by atoms with Crippen LogP contribution in [-0.4, -0.2) is 60.2 Å². The average Bonchev–Trinajstić information content (AvgIpc) is 3.08. The lowest BCUT2D eigenvalue weighted by molar-refractivity contribution is 0.181. The van der Waals surface area contributed by atoms with Crippen molar-refractivity contribution in [2.45, 2.75) is 18.7 Å². The van der Waals surface area contributed by atoms with Crippen molar-refractivity contribution in [1.82, 2.24) is 14.9 Å². The molecule has 1 aliphatic heterocycles. The lowest BCUT2D eigenvalue weighted by Crippen LogP contribution is -2.41. The molecule has 1 unspecified atom stereocenters. The fourth-order valence-electron chi connectivity index (χ4n) is 2.89. The Balaban J connectivity index is 0.00000338. The number of rotatable bonds is 7. The first-order valence-electron chi connectivity index (χ1n) is 8.42. The second-order valence-electron chi connectivity index (χ2n) is 6.29. The summed E-state index contributed by atoms with van der Waals surface area (Å²) >= 11 is 0. The summed E-state index contributed by atoms with van der Waals surface area (Å²) in [6.07, 6.45) is 1.09. The zero-order valence-corrected chi connectivity index (χ0v) is 18.7. The van der Waals surface area contributed by atoms with Crippen molar-refractivity contribution in [3.63, 3.8) is 0 Å². The Labute approximate surface area is 173 Å². The van der Waals surface area contributed by atoms with Crippen LogP contribution in [0.25, 0.3) is 0 Å². The summed E-state index contributed by atoms with van der Waals surface area (Å²) in [5.74, 6) is 1.34. The number of ether oxygens (including phenoxy) is 1. The molecule has 1 aromatic rings. The molecule has 0 spiro atoms.